The molecule has 1 aromatic heterocycles. The summed E-state index contributed by atoms with van der Waals surface area (Å²) in [7, 11) is 2.00. The highest BCUT2D eigenvalue weighted by Crippen LogP contribution is 2.33. The molecule has 4 nitrogen and oxygen atoms in total. The zero-order chi connectivity index (χ0) is 17.4. The second-order valence-electron chi connectivity index (χ2n) is 6.53. The Labute approximate surface area is 145 Å². The first-order chi connectivity index (χ1) is 12.1. The maximum Gasteiger partial charge on any atom is 0.254 e. The van der Waals surface area contributed by atoms with Crippen LogP contribution in [0.4, 0.5) is 4.39 Å². The number of nitrogens with zero attached hydrogens (tertiary/aromatic N) is 3. The van der Waals surface area contributed by atoms with Crippen molar-refractivity contribution in [3.63, 3.8) is 0 Å². The zero-order valence-corrected chi connectivity index (χ0v) is 14.2. The van der Waals surface area contributed by atoms with Crippen LogP contribution < -0.4 is 0 Å². The number of carbonyl (C=O) groups excluding carboxylic acids is 1. The molecule has 0 saturated carbocycles. The van der Waals surface area contributed by atoms with Gasteiger partial charge in [0.25, 0.3) is 5.91 Å². The van der Waals surface area contributed by atoms with Crippen LogP contribution in [0.5, 0.6) is 0 Å². The van der Waals surface area contributed by atoms with Crippen molar-refractivity contribution >= 4 is 16.9 Å². The molecule has 4 rings (SSSR count). The molecule has 25 heavy (non-hydrogen) atoms. The molecule has 1 aliphatic heterocycles. The van der Waals surface area contributed by atoms with Crippen LogP contribution in [0.1, 0.15) is 41.5 Å². The van der Waals surface area contributed by atoms with Crippen molar-refractivity contribution in [2.24, 2.45) is 7.05 Å². The van der Waals surface area contributed by atoms with Gasteiger partial charge in [0.1, 0.15) is 11.6 Å². The molecule has 0 aliphatic carbocycles. The molecule has 3 aromatic rings. The SMILES string of the molecule is Cn1c([C@H]2CCCCN2C(=O)c2ccc(F)cc2)nc2ccccc21. The van der Waals surface area contributed by atoms with E-state index in [0.717, 1.165) is 36.1 Å². The van der Waals surface area contributed by atoms with E-state index >= 15 is 0 Å². The molecule has 0 spiro atoms. The first-order valence-electron chi connectivity index (χ1n) is 8.63. The number of likely N-dealkylation sites (tertiary alicyclic amines) is 1. The Morgan fingerprint density at radius 2 is 1.88 bits per heavy atom. The fraction of sp³-hybridized carbons (Fsp3) is 0.300. The van der Waals surface area contributed by atoms with E-state index in [2.05, 4.69) is 4.57 Å². The van der Waals surface area contributed by atoms with E-state index in [4.69, 9.17) is 4.98 Å². The first kappa shape index (κ1) is 15.8. The van der Waals surface area contributed by atoms with Crippen molar-refractivity contribution < 1.29 is 9.18 Å². The number of amides is 1. The Balaban J connectivity index is 1.72. The Morgan fingerprint density at radius 3 is 2.64 bits per heavy atom. The molecule has 0 radical (unpaired) electrons. The van der Waals surface area contributed by atoms with Crippen LogP contribution in [0.15, 0.2) is 48.5 Å². The fourth-order valence-corrected chi connectivity index (χ4v) is 3.66. The summed E-state index contributed by atoms with van der Waals surface area (Å²) in [6.07, 6.45) is 2.94. The van der Waals surface area contributed by atoms with Gasteiger partial charge in [-0.25, -0.2) is 9.37 Å². The van der Waals surface area contributed by atoms with Crippen molar-refractivity contribution in [1.29, 1.82) is 0 Å². The molecular weight excluding hydrogens is 317 g/mol. The van der Waals surface area contributed by atoms with Gasteiger partial charge in [0.15, 0.2) is 0 Å². The molecule has 0 bridgehead atoms. The van der Waals surface area contributed by atoms with Gasteiger partial charge in [0, 0.05) is 19.2 Å². The Kier molecular flexibility index (Phi) is 3.99. The molecule has 128 valence electrons. The van der Waals surface area contributed by atoms with E-state index in [9.17, 15) is 9.18 Å². The molecule has 2 heterocycles. The lowest BCUT2D eigenvalue weighted by Crippen LogP contribution is -2.39. The third kappa shape index (κ3) is 2.80. The minimum absolute atomic E-state index is 0.0521. The number of halogens is 1. The van der Waals surface area contributed by atoms with Crippen molar-refractivity contribution in [3.05, 3.63) is 65.7 Å². The molecule has 1 fully saturated rings. The molecule has 1 aliphatic rings. The summed E-state index contributed by atoms with van der Waals surface area (Å²) in [5.74, 6) is 0.523. The minimum atomic E-state index is -0.331. The number of fused-ring (bicyclic) bond motifs is 1. The summed E-state index contributed by atoms with van der Waals surface area (Å²) in [6, 6.07) is 13.7. The average Bonchev–Trinajstić information content (AvgIpc) is 2.99. The van der Waals surface area contributed by atoms with Crippen molar-refractivity contribution in [2.45, 2.75) is 25.3 Å². The molecule has 0 N–H and O–H groups in total. The van der Waals surface area contributed by atoms with Crippen LogP contribution in [-0.2, 0) is 7.05 Å². The Bertz CT molecular complexity index is 916. The Hall–Kier alpha value is -2.69. The number of hydrogen-bond acceptors (Lipinski definition) is 2. The summed E-state index contributed by atoms with van der Waals surface area (Å²) >= 11 is 0. The molecule has 1 amide bonds. The largest absolute Gasteiger partial charge is 0.329 e. The molecule has 5 heteroatoms. The average molecular weight is 337 g/mol. The Morgan fingerprint density at radius 1 is 1.12 bits per heavy atom. The van der Waals surface area contributed by atoms with Crippen molar-refractivity contribution in [1.82, 2.24) is 14.5 Å². The monoisotopic (exact) mass is 337 g/mol. The number of aryl methyl sites for hydroxylation is 1. The minimum Gasteiger partial charge on any atom is -0.329 e. The molecule has 2 aromatic carbocycles. The maximum absolute atomic E-state index is 13.2. The zero-order valence-electron chi connectivity index (χ0n) is 14.2. The van der Waals surface area contributed by atoms with Crippen LogP contribution >= 0.6 is 0 Å². The summed E-state index contributed by atoms with van der Waals surface area (Å²) in [5.41, 5.74) is 2.53. The highest BCUT2D eigenvalue weighted by atomic mass is 19.1. The van der Waals surface area contributed by atoms with Gasteiger partial charge in [0.2, 0.25) is 0 Å². The van der Waals surface area contributed by atoms with E-state index in [1.807, 2.05) is 36.2 Å². The van der Waals surface area contributed by atoms with Gasteiger partial charge in [0.05, 0.1) is 17.1 Å². The predicted molar refractivity (Wildman–Crippen MR) is 94.7 cm³/mol. The topological polar surface area (TPSA) is 38.1 Å². The summed E-state index contributed by atoms with van der Waals surface area (Å²) in [5, 5.41) is 0. The highest BCUT2D eigenvalue weighted by molar-refractivity contribution is 5.94. The number of aromatic nitrogens is 2. The van der Waals surface area contributed by atoms with Crippen LogP contribution in [-0.4, -0.2) is 26.9 Å². The van der Waals surface area contributed by atoms with E-state index in [1.54, 1.807) is 12.1 Å². The van der Waals surface area contributed by atoms with Gasteiger partial charge in [-0.15, -0.1) is 0 Å². The lowest BCUT2D eigenvalue weighted by Gasteiger charge is -2.35. The highest BCUT2D eigenvalue weighted by Gasteiger charge is 2.31. The predicted octanol–water partition coefficient (Wildman–Crippen LogP) is 4.08. The molecule has 1 saturated heterocycles. The quantitative estimate of drug-likeness (QED) is 0.707. The summed E-state index contributed by atoms with van der Waals surface area (Å²) < 4.78 is 15.2. The van der Waals surface area contributed by atoms with E-state index < -0.39 is 0 Å². The standard InChI is InChI=1S/C20H20FN3O/c1-23-17-7-3-2-6-16(17)22-19(23)18-8-4-5-13-24(18)20(25)14-9-11-15(21)12-10-14/h2-3,6-7,9-12,18H,4-5,8,13H2,1H3/t18-/m1/s1. The van der Waals surface area contributed by atoms with Crippen LogP contribution in [0.2, 0.25) is 0 Å². The lowest BCUT2D eigenvalue weighted by atomic mass is 10.00. The second-order valence-corrected chi connectivity index (χ2v) is 6.53. The number of benzene rings is 2. The number of hydrogen-bond donors (Lipinski definition) is 0. The van der Waals surface area contributed by atoms with Crippen LogP contribution in [0.25, 0.3) is 11.0 Å². The second kappa shape index (κ2) is 6.31. The van der Waals surface area contributed by atoms with Gasteiger partial charge in [-0.3, -0.25) is 4.79 Å². The number of para-hydroxylation sites is 2. The van der Waals surface area contributed by atoms with E-state index in [-0.39, 0.29) is 17.8 Å². The molecule has 0 unspecified atom stereocenters. The van der Waals surface area contributed by atoms with Gasteiger partial charge < -0.3 is 9.47 Å². The van der Waals surface area contributed by atoms with Gasteiger partial charge >= 0.3 is 0 Å². The van der Waals surface area contributed by atoms with Crippen LogP contribution in [0, 0.1) is 5.82 Å². The van der Waals surface area contributed by atoms with E-state index in [0.29, 0.717) is 12.1 Å². The van der Waals surface area contributed by atoms with Crippen LogP contribution in [0.3, 0.4) is 0 Å². The third-order valence-electron chi connectivity index (χ3n) is 4.97. The maximum atomic E-state index is 13.2. The van der Waals surface area contributed by atoms with E-state index in [1.165, 1.54) is 12.1 Å². The summed E-state index contributed by atoms with van der Waals surface area (Å²) in [6.45, 7) is 0.698. The van der Waals surface area contributed by atoms with Crippen molar-refractivity contribution in [2.75, 3.05) is 6.54 Å². The first-order valence-corrected chi connectivity index (χ1v) is 8.63. The number of piperidine rings is 1. The molecular formula is C20H20FN3O. The summed E-state index contributed by atoms with van der Waals surface area (Å²) in [4.78, 5) is 19.7. The number of carbonyl (C=O) groups is 1. The lowest BCUT2D eigenvalue weighted by molar-refractivity contribution is 0.0597. The smallest absolute Gasteiger partial charge is 0.254 e. The number of rotatable bonds is 2. The molecule has 1 atom stereocenters. The number of imidazole rings is 1. The van der Waals surface area contributed by atoms with Gasteiger partial charge in [-0.05, 0) is 55.7 Å². The van der Waals surface area contributed by atoms with Gasteiger partial charge in [-0.2, -0.15) is 0 Å². The fourth-order valence-electron chi connectivity index (χ4n) is 3.66. The van der Waals surface area contributed by atoms with Gasteiger partial charge in [-0.1, -0.05) is 12.1 Å². The van der Waals surface area contributed by atoms with Crippen molar-refractivity contribution in [3.8, 4) is 0 Å². The normalized spacial score (nSPS) is 17.8. The third-order valence-corrected chi connectivity index (χ3v) is 4.97.